The van der Waals surface area contributed by atoms with Crippen LogP contribution < -0.4 is 5.32 Å². The summed E-state index contributed by atoms with van der Waals surface area (Å²) in [7, 11) is 0. The van der Waals surface area contributed by atoms with Crippen molar-refractivity contribution in [1.29, 1.82) is 0 Å². The molecule has 2 N–H and O–H groups in total. The summed E-state index contributed by atoms with van der Waals surface area (Å²) in [6.07, 6.45) is -5.08. The van der Waals surface area contributed by atoms with Gasteiger partial charge < -0.3 is 15.3 Å². The van der Waals surface area contributed by atoms with Crippen molar-refractivity contribution in [3.8, 4) is 0 Å². The number of alkyl halides is 3. The highest BCUT2D eigenvalue weighted by molar-refractivity contribution is 6.30. The predicted octanol–water partition coefficient (Wildman–Crippen LogP) is 2.79. The first-order valence-electron chi connectivity index (χ1n) is 8.82. The molecule has 1 heterocycles. The van der Waals surface area contributed by atoms with Crippen LogP contribution in [0.1, 0.15) is 25.5 Å². The Labute approximate surface area is 167 Å². The highest BCUT2D eigenvalue weighted by Crippen LogP contribution is 2.16. The van der Waals surface area contributed by atoms with E-state index in [0.29, 0.717) is 11.6 Å². The minimum absolute atomic E-state index is 0.00620. The quantitative estimate of drug-likeness (QED) is 0.762. The van der Waals surface area contributed by atoms with Crippen molar-refractivity contribution in [2.75, 3.05) is 39.3 Å². The van der Waals surface area contributed by atoms with Crippen LogP contribution in [0.3, 0.4) is 0 Å². The number of carbonyl (C=O) groups is 2. The first kappa shape index (κ1) is 24.2. The number of carboxylic acid groups (broad SMARTS) is 1. The van der Waals surface area contributed by atoms with Gasteiger partial charge in [-0.05, 0) is 31.2 Å². The van der Waals surface area contributed by atoms with E-state index in [0.717, 1.165) is 38.3 Å². The first-order valence-corrected chi connectivity index (χ1v) is 9.20. The molecule has 0 aliphatic carbocycles. The number of aliphatic carboxylic acids is 1. The zero-order chi connectivity index (χ0) is 21.3. The van der Waals surface area contributed by atoms with Crippen molar-refractivity contribution in [3.05, 3.63) is 34.9 Å². The lowest BCUT2D eigenvalue weighted by Crippen LogP contribution is -2.49. The predicted molar refractivity (Wildman–Crippen MR) is 100 cm³/mol. The average Bonchev–Trinajstić information content (AvgIpc) is 2.62. The molecule has 0 radical (unpaired) electrons. The van der Waals surface area contributed by atoms with Gasteiger partial charge in [-0.15, -0.1) is 0 Å². The summed E-state index contributed by atoms with van der Waals surface area (Å²) >= 11 is 5.88. The highest BCUT2D eigenvalue weighted by Gasteiger charge is 2.38. The van der Waals surface area contributed by atoms with Gasteiger partial charge >= 0.3 is 12.1 Å². The van der Waals surface area contributed by atoms with Crippen molar-refractivity contribution in [2.24, 2.45) is 0 Å². The lowest BCUT2D eigenvalue weighted by Gasteiger charge is -2.33. The van der Waals surface area contributed by atoms with Crippen molar-refractivity contribution in [1.82, 2.24) is 15.1 Å². The number of likely N-dealkylation sites (N-methyl/N-ethyl adjacent to an activating group) is 1. The van der Waals surface area contributed by atoms with Crippen molar-refractivity contribution < 1.29 is 27.9 Å². The molecule has 1 aliphatic rings. The van der Waals surface area contributed by atoms with Crippen molar-refractivity contribution in [3.63, 3.8) is 0 Å². The summed E-state index contributed by atoms with van der Waals surface area (Å²) in [5, 5.41) is 10.9. The van der Waals surface area contributed by atoms with Crippen LogP contribution in [0.15, 0.2) is 24.3 Å². The van der Waals surface area contributed by atoms with E-state index < -0.39 is 12.1 Å². The fourth-order valence-electron chi connectivity index (χ4n) is 2.59. The van der Waals surface area contributed by atoms with Crippen LogP contribution in [0.5, 0.6) is 0 Å². The molecule has 1 aromatic rings. The normalized spacial score (nSPS) is 16.6. The molecule has 1 amide bonds. The van der Waals surface area contributed by atoms with Crippen LogP contribution in [0, 0.1) is 0 Å². The second-order valence-corrected chi connectivity index (χ2v) is 6.79. The maximum Gasteiger partial charge on any atom is 0.490 e. The molecule has 0 bridgehead atoms. The highest BCUT2D eigenvalue weighted by atomic mass is 35.5. The molecule has 2 rings (SSSR count). The van der Waals surface area contributed by atoms with Crippen LogP contribution in [0.2, 0.25) is 5.02 Å². The molecule has 1 saturated heterocycles. The SMILES string of the molecule is CCN1CCN(CC(=O)NC(C)c2ccc(Cl)cc2)CC1.O=C(O)C(F)(F)F. The maximum absolute atomic E-state index is 12.1. The van der Waals surface area contributed by atoms with Gasteiger partial charge in [0.15, 0.2) is 0 Å². The molecule has 158 valence electrons. The van der Waals surface area contributed by atoms with Gasteiger partial charge in [0.1, 0.15) is 0 Å². The standard InChI is InChI=1S/C16H24ClN3O.C2HF3O2/c1-3-19-8-10-20(11-9-19)12-16(21)18-13(2)14-4-6-15(17)7-5-14;3-2(4,5)1(6)7/h4-7,13H,3,8-12H2,1-2H3,(H,18,21);(H,6,7). The van der Waals surface area contributed by atoms with E-state index in [4.69, 9.17) is 21.5 Å². The summed E-state index contributed by atoms with van der Waals surface area (Å²) in [6, 6.07) is 7.61. The third-order valence-corrected chi connectivity index (χ3v) is 4.52. The van der Waals surface area contributed by atoms with E-state index in [9.17, 15) is 18.0 Å². The Hall–Kier alpha value is -1.84. The maximum atomic E-state index is 12.1. The van der Waals surface area contributed by atoms with Gasteiger partial charge in [0.2, 0.25) is 5.91 Å². The number of carboxylic acids is 1. The van der Waals surface area contributed by atoms with Crippen LogP contribution in [0.4, 0.5) is 13.2 Å². The number of rotatable bonds is 5. The number of hydrogen-bond donors (Lipinski definition) is 2. The van der Waals surface area contributed by atoms with E-state index in [-0.39, 0.29) is 11.9 Å². The first-order chi connectivity index (χ1) is 13.0. The molecule has 0 aromatic heterocycles. The zero-order valence-electron chi connectivity index (χ0n) is 15.8. The van der Waals surface area contributed by atoms with Crippen molar-refractivity contribution in [2.45, 2.75) is 26.1 Å². The minimum Gasteiger partial charge on any atom is -0.475 e. The topological polar surface area (TPSA) is 72.9 Å². The van der Waals surface area contributed by atoms with Crippen LogP contribution >= 0.6 is 11.6 Å². The average molecular weight is 424 g/mol. The lowest BCUT2D eigenvalue weighted by atomic mass is 10.1. The fraction of sp³-hybridized carbons (Fsp3) is 0.556. The molecule has 1 atom stereocenters. The molecule has 1 unspecified atom stereocenters. The molecular weight excluding hydrogens is 399 g/mol. The molecule has 1 fully saturated rings. The smallest absolute Gasteiger partial charge is 0.475 e. The Balaban J connectivity index is 0.000000480. The summed E-state index contributed by atoms with van der Waals surface area (Å²) in [5.41, 5.74) is 1.07. The zero-order valence-corrected chi connectivity index (χ0v) is 16.6. The summed E-state index contributed by atoms with van der Waals surface area (Å²) in [6.45, 7) is 9.79. The van der Waals surface area contributed by atoms with Gasteiger partial charge in [-0.2, -0.15) is 13.2 Å². The van der Waals surface area contributed by atoms with E-state index in [1.54, 1.807) is 0 Å². The van der Waals surface area contributed by atoms with Gasteiger partial charge in [-0.1, -0.05) is 30.7 Å². The van der Waals surface area contributed by atoms with Crippen LogP contribution in [-0.4, -0.2) is 72.2 Å². The number of amides is 1. The Morgan fingerprint density at radius 3 is 2.04 bits per heavy atom. The van der Waals surface area contributed by atoms with Gasteiger partial charge in [-0.25, -0.2) is 4.79 Å². The minimum atomic E-state index is -5.08. The molecule has 6 nitrogen and oxygen atoms in total. The number of benzene rings is 1. The third kappa shape index (κ3) is 8.90. The molecule has 1 aliphatic heterocycles. The lowest BCUT2D eigenvalue weighted by molar-refractivity contribution is -0.192. The molecule has 28 heavy (non-hydrogen) atoms. The number of halogens is 4. The molecule has 0 saturated carbocycles. The Morgan fingerprint density at radius 2 is 1.61 bits per heavy atom. The summed E-state index contributed by atoms with van der Waals surface area (Å²) in [5.74, 6) is -2.67. The number of nitrogens with one attached hydrogen (secondary N) is 1. The van der Waals surface area contributed by atoms with E-state index in [2.05, 4.69) is 22.0 Å². The number of nitrogens with zero attached hydrogens (tertiary/aromatic N) is 2. The second kappa shape index (κ2) is 11.2. The monoisotopic (exact) mass is 423 g/mol. The van der Waals surface area contributed by atoms with Crippen LogP contribution in [0.25, 0.3) is 0 Å². The molecule has 1 aromatic carbocycles. The van der Waals surface area contributed by atoms with E-state index in [1.807, 2.05) is 31.2 Å². The number of piperazine rings is 1. The third-order valence-electron chi connectivity index (χ3n) is 4.27. The van der Waals surface area contributed by atoms with Gasteiger partial charge in [0.05, 0.1) is 12.6 Å². The molecule has 0 spiro atoms. The van der Waals surface area contributed by atoms with E-state index >= 15 is 0 Å². The Morgan fingerprint density at radius 1 is 1.14 bits per heavy atom. The van der Waals surface area contributed by atoms with Crippen molar-refractivity contribution >= 4 is 23.5 Å². The van der Waals surface area contributed by atoms with E-state index in [1.165, 1.54) is 0 Å². The largest absolute Gasteiger partial charge is 0.490 e. The summed E-state index contributed by atoms with van der Waals surface area (Å²) < 4.78 is 31.7. The summed E-state index contributed by atoms with van der Waals surface area (Å²) in [4.78, 5) is 25.6. The Bertz CT molecular complexity index is 633. The second-order valence-electron chi connectivity index (χ2n) is 6.35. The molecular formula is C18H25ClF3N3O3. The fourth-order valence-corrected chi connectivity index (χ4v) is 2.71. The molecule has 10 heteroatoms. The number of carbonyl (C=O) groups excluding carboxylic acids is 1. The number of hydrogen-bond acceptors (Lipinski definition) is 4. The van der Waals surface area contributed by atoms with Gasteiger partial charge in [-0.3, -0.25) is 9.69 Å². The van der Waals surface area contributed by atoms with Gasteiger partial charge in [0.25, 0.3) is 0 Å². The van der Waals surface area contributed by atoms with Crippen LogP contribution in [-0.2, 0) is 9.59 Å². The Kier molecular flexibility index (Phi) is 9.71. The van der Waals surface area contributed by atoms with Gasteiger partial charge in [0, 0.05) is 31.2 Å².